The summed E-state index contributed by atoms with van der Waals surface area (Å²) >= 11 is 0. The van der Waals surface area contributed by atoms with E-state index in [0.29, 0.717) is 49.3 Å². The van der Waals surface area contributed by atoms with Gasteiger partial charge in [0, 0.05) is 49.5 Å². The van der Waals surface area contributed by atoms with Gasteiger partial charge in [-0.2, -0.15) is 0 Å². The first-order valence-electron chi connectivity index (χ1n) is 11.4. The number of methoxy groups -OCH3 is 1. The summed E-state index contributed by atoms with van der Waals surface area (Å²) in [6, 6.07) is 12.8. The second-order valence-electron chi connectivity index (χ2n) is 8.41. The highest BCUT2D eigenvalue weighted by molar-refractivity contribution is 7.92. The van der Waals surface area contributed by atoms with Crippen LogP contribution in [0.1, 0.15) is 16.8 Å². The van der Waals surface area contributed by atoms with E-state index >= 15 is 0 Å². The SMILES string of the molecule is COc1ccc(NS(=O)(=O)c2cccc(C(=O)NCC(C3CCOC3)N3CCOCC3)c2)cc1. The zero-order valence-electron chi connectivity index (χ0n) is 19.2. The topological polar surface area (TPSA) is 106 Å². The summed E-state index contributed by atoms with van der Waals surface area (Å²) < 4.78 is 44.4. The Morgan fingerprint density at radius 2 is 1.88 bits per heavy atom. The Morgan fingerprint density at radius 3 is 2.56 bits per heavy atom. The highest BCUT2D eigenvalue weighted by Crippen LogP contribution is 2.23. The molecule has 0 spiro atoms. The number of sulfonamides is 1. The quantitative estimate of drug-likeness (QED) is 0.555. The van der Waals surface area contributed by atoms with Gasteiger partial charge >= 0.3 is 0 Å². The molecule has 2 aromatic carbocycles. The highest BCUT2D eigenvalue weighted by Gasteiger charge is 2.32. The third-order valence-electron chi connectivity index (χ3n) is 6.24. The minimum absolute atomic E-state index is 0.0184. The average Bonchev–Trinajstić information content (AvgIpc) is 3.40. The lowest BCUT2D eigenvalue weighted by molar-refractivity contribution is 0.00166. The van der Waals surface area contributed by atoms with Crippen molar-refractivity contribution >= 4 is 21.6 Å². The molecule has 2 fully saturated rings. The van der Waals surface area contributed by atoms with Gasteiger partial charge in [0.25, 0.3) is 15.9 Å². The van der Waals surface area contributed by atoms with Crippen LogP contribution >= 0.6 is 0 Å². The zero-order valence-corrected chi connectivity index (χ0v) is 20.1. The van der Waals surface area contributed by atoms with Crippen LogP contribution in [-0.2, 0) is 19.5 Å². The van der Waals surface area contributed by atoms with Gasteiger partial charge in [-0.25, -0.2) is 8.42 Å². The van der Waals surface area contributed by atoms with Gasteiger partial charge < -0.3 is 19.5 Å². The van der Waals surface area contributed by atoms with E-state index in [4.69, 9.17) is 14.2 Å². The molecular formula is C24H31N3O6S. The second kappa shape index (κ2) is 11.2. The van der Waals surface area contributed by atoms with E-state index in [1.54, 1.807) is 43.5 Å². The van der Waals surface area contributed by atoms with Crippen molar-refractivity contribution in [1.29, 1.82) is 0 Å². The number of rotatable bonds is 9. The van der Waals surface area contributed by atoms with Crippen LogP contribution in [-0.4, -0.2) is 78.4 Å². The molecule has 2 saturated heterocycles. The number of carbonyl (C=O) groups is 1. The van der Waals surface area contributed by atoms with Gasteiger partial charge in [-0.15, -0.1) is 0 Å². The molecule has 2 aliphatic rings. The van der Waals surface area contributed by atoms with Crippen LogP contribution in [0.5, 0.6) is 5.75 Å². The van der Waals surface area contributed by atoms with Gasteiger partial charge in [-0.05, 0) is 48.9 Å². The molecule has 4 rings (SSSR count). The van der Waals surface area contributed by atoms with Crippen LogP contribution in [0.2, 0.25) is 0 Å². The van der Waals surface area contributed by atoms with E-state index in [-0.39, 0.29) is 16.8 Å². The standard InChI is InChI=1S/C24H31N3O6S/c1-31-21-7-5-20(6-8-21)26-34(29,30)22-4-2-3-18(15-22)24(28)25-16-23(19-9-12-33-17-19)27-10-13-32-14-11-27/h2-8,15,19,23,26H,9-14,16-17H2,1H3,(H,25,28). The Kier molecular flexibility index (Phi) is 8.04. The van der Waals surface area contributed by atoms with Gasteiger partial charge in [0.15, 0.2) is 0 Å². The first-order chi connectivity index (χ1) is 16.5. The molecule has 2 aromatic rings. The Bertz CT molecular complexity index is 1060. The van der Waals surface area contributed by atoms with Gasteiger partial charge in [0.05, 0.1) is 31.8 Å². The minimum atomic E-state index is -3.86. The fourth-order valence-corrected chi connectivity index (χ4v) is 5.44. The summed E-state index contributed by atoms with van der Waals surface area (Å²) in [5.41, 5.74) is 0.698. The zero-order chi connectivity index (χ0) is 24.0. The maximum atomic E-state index is 12.9. The largest absolute Gasteiger partial charge is 0.497 e. The van der Waals surface area contributed by atoms with Crippen LogP contribution in [0.15, 0.2) is 53.4 Å². The average molecular weight is 490 g/mol. The molecule has 0 saturated carbocycles. The van der Waals surface area contributed by atoms with Gasteiger partial charge in [0.2, 0.25) is 0 Å². The molecule has 0 radical (unpaired) electrons. The molecule has 184 valence electrons. The van der Waals surface area contributed by atoms with Crippen LogP contribution in [0.25, 0.3) is 0 Å². The van der Waals surface area contributed by atoms with Crippen molar-refractivity contribution in [2.24, 2.45) is 5.92 Å². The molecule has 0 aromatic heterocycles. The van der Waals surface area contributed by atoms with Crippen molar-refractivity contribution in [2.75, 3.05) is 57.9 Å². The number of anilines is 1. The third kappa shape index (κ3) is 6.06. The summed E-state index contributed by atoms with van der Waals surface area (Å²) in [4.78, 5) is 15.3. The summed E-state index contributed by atoms with van der Waals surface area (Å²) in [5, 5.41) is 3.01. The van der Waals surface area contributed by atoms with E-state index in [0.717, 1.165) is 26.1 Å². The monoisotopic (exact) mass is 489 g/mol. The molecule has 2 aliphatic heterocycles. The number of nitrogens with one attached hydrogen (secondary N) is 2. The van der Waals surface area contributed by atoms with Crippen LogP contribution in [0.4, 0.5) is 5.69 Å². The van der Waals surface area contributed by atoms with Crippen molar-refractivity contribution in [1.82, 2.24) is 10.2 Å². The Labute approximate surface area is 200 Å². The number of amides is 1. The first-order valence-corrected chi connectivity index (χ1v) is 12.9. The lowest BCUT2D eigenvalue weighted by Crippen LogP contribution is -2.52. The number of benzene rings is 2. The summed E-state index contributed by atoms with van der Waals surface area (Å²) in [7, 11) is -2.32. The number of ether oxygens (including phenoxy) is 3. The lowest BCUT2D eigenvalue weighted by atomic mass is 9.96. The number of carbonyl (C=O) groups excluding carboxylic acids is 1. The Balaban J connectivity index is 1.42. The minimum Gasteiger partial charge on any atom is -0.497 e. The van der Waals surface area contributed by atoms with Gasteiger partial charge in [-0.3, -0.25) is 14.4 Å². The van der Waals surface area contributed by atoms with Crippen LogP contribution < -0.4 is 14.8 Å². The molecule has 2 atom stereocenters. The number of morpholine rings is 1. The van der Waals surface area contributed by atoms with E-state index in [1.165, 1.54) is 12.1 Å². The van der Waals surface area contributed by atoms with Gasteiger partial charge in [-0.1, -0.05) is 6.07 Å². The van der Waals surface area contributed by atoms with E-state index in [2.05, 4.69) is 14.9 Å². The Hall–Kier alpha value is -2.66. The fraction of sp³-hybridized carbons (Fsp3) is 0.458. The molecule has 34 heavy (non-hydrogen) atoms. The molecule has 10 heteroatoms. The molecule has 0 bridgehead atoms. The van der Waals surface area contributed by atoms with Crippen molar-refractivity contribution < 1.29 is 27.4 Å². The fourth-order valence-electron chi connectivity index (χ4n) is 4.34. The highest BCUT2D eigenvalue weighted by atomic mass is 32.2. The Morgan fingerprint density at radius 1 is 1.12 bits per heavy atom. The number of hydrogen-bond donors (Lipinski definition) is 2. The van der Waals surface area contributed by atoms with Crippen molar-refractivity contribution in [3.05, 3.63) is 54.1 Å². The maximum Gasteiger partial charge on any atom is 0.261 e. The van der Waals surface area contributed by atoms with Crippen molar-refractivity contribution in [3.8, 4) is 5.75 Å². The molecule has 9 nitrogen and oxygen atoms in total. The van der Waals surface area contributed by atoms with Crippen LogP contribution in [0.3, 0.4) is 0 Å². The summed E-state index contributed by atoms with van der Waals surface area (Å²) in [5.74, 6) is 0.665. The molecule has 1 amide bonds. The predicted octanol–water partition coefficient (Wildman–Crippen LogP) is 1.96. The van der Waals surface area contributed by atoms with Crippen LogP contribution in [0, 0.1) is 5.92 Å². The lowest BCUT2D eigenvalue weighted by Gasteiger charge is -2.37. The van der Waals surface area contributed by atoms with E-state index in [9.17, 15) is 13.2 Å². The molecule has 2 N–H and O–H groups in total. The van der Waals surface area contributed by atoms with E-state index < -0.39 is 10.0 Å². The van der Waals surface area contributed by atoms with Gasteiger partial charge in [0.1, 0.15) is 5.75 Å². The molecule has 0 aliphatic carbocycles. The third-order valence-corrected chi connectivity index (χ3v) is 7.62. The summed E-state index contributed by atoms with van der Waals surface area (Å²) in [6.45, 7) is 4.89. The second-order valence-corrected chi connectivity index (χ2v) is 10.1. The predicted molar refractivity (Wildman–Crippen MR) is 128 cm³/mol. The number of hydrogen-bond acceptors (Lipinski definition) is 7. The summed E-state index contributed by atoms with van der Waals surface area (Å²) in [6.07, 6.45) is 0.961. The van der Waals surface area contributed by atoms with Crippen molar-refractivity contribution in [2.45, 2.75) is 17.4 Å². The molecule has 2 heterocycles. The van der Waals surface area contributed by atoms with Crippen molar-refractivity contribution in [3.63, 3.8) is 0 Å². The normalized spacial score (nSPS) is 20.0. The first kappa shape index (κ1) is 24.5. The number of nitrogens with zero attached hydrogens (tertiary/aromatic N) is 1. The maximum absolute atomic E-state index is 12.9. The molecule has 2 unspecified atom stereocenters. The smallest absolute Gasteiger partial charge is 0.261 e. The van der Waals surface area contributed by atoms with E-state index in [1.807, 2.05) is 0 Å². The molecular weight excluding hydrogens is 458 g/mol.